The zero-order chi connectivity index (χ0) is 17.0. The zero-order valence-corrected chi connectivity index (χ0v) is 13.3. The molecule has 0 spiro atoms. The van der Waals surface area contributed by atoms with Crippen LogP contribution < -0.4 is 5.32 Å². The molecule has 122 valence electrons. The average Bonchev–Trinajstić information content (AvgIpc) is 2.49. The van der Waals surface area contributed by atoms with Crippen LogP contribution in [0.15, 0.2) is 46.9 Å². The summed E-state index contributed by atoms with van der Waals surface area (Å²) >= 11 is 3.15. The maximum absolute atomic E-state index is 13.5. The second-order valence-electron chi connectivity index (χ2n) is 4.82. The molecule has 1 amide bonds. The van der Waals surface area contributed by atoms with Crippen molar-refractivity contribution in [1.29, 1.82) is 0 Å². The van der Waals surface area contributed by atoms with Crippen LogP contribution in [0.4, 0.5) is 17.6 Å². The monoisotopic (exact) mass is 389 g/mol. The Morgan fingerprint density at radius 3 is 2.35 bits per heavy atom. The Hall–Kier alpha value is -1.89. The minimum absolute atomic E-state index is 0.0909. The van der Waals surface area contributed by atoms with Crippen molar-refractivity contribution in [2.45, 2.75) is 12.6 Å². The Bertz CT molecular complexity index is 698. The van der Waals surface area contributed by atoms with Crippen LogP contribution in [0.25, 0.3) is 0 Å². The largest absolute Gasteiger partial charge is 0.416 e. The van der Waals surface area contributed by atoms with Crippen LogP contribution in [-0.4, -0.2) is 12.5 Å². The molecule has 23 heavy (non-hydrogen) atoms. The average molecular weight is 390 g/mol. The molecule has 0 fully saturated rings. The van der Waals surface area contributed by atoms with Gasteiger partial charge in [-0.1, -0.05) is 28.1 Å². The SMILES string of the molecule is O=C(NCCc1ccc(C(F)(F)F)cc1)c1cc(Br)ccc1F. The zero-order valence-electron chi connectivity index (χ0n) is 11.8. The lowest BCUT2D eigenvalue weighted by molar-refractivity contribution is -0.137. The van der Waals surface area contributed by atoms with Crippen molar-refractivity contribution < 1.29 is 22.4 Å². The van der Waals surface area contributed by atoms with E-state index in [0.717, 1.165) is 12.1 Å². The van der Waals surface area contributed by atoms with Gasteiger partial charge in [-0.05, 0) is 42.3 Å². The van der Waals surface area contributed by atoms with Gasteiger partial charge >= 0.3 is 6.18 Å². The molecule has 0 bridgehead atoms. The summed E-state index contributed by atoms with van der Waals surface area (Å²) in [6, 6.07) is 8.71. The number of hydrogen-bond donors (Lipinski definition) is 1. The first-order valence-corrected chi connectivity index (χ1v) is 7.46. The van der Waals surface area contributed by atoms with Gasteiger partial charge in [-0.15, -0.1) is 0 Å². The number of nitrogens with one attached hydrogen (secondary N) is 1. The standard InChI is InChI=1S/C16H12BrF4NO/c17-12-5-6-14(18)13(9-12)15(23)22-8-7-10-1-3-11(4-2-10)16(19,20)21/h1-6,9H,7-8H2,(H,22,23). The second kappa shape index (κ2) is 7.12. The highest BCUT2D eigenvalue weighted by Gasteiger charge is 2.29. The first-order chi connectivity index (χ1) is 10.8. The van der Waals surface area contributed by atoms with Crippen LogP contribution in [0, 0.1) is 5.82 Å². The minimum atomic E-state index is -4.37. The van der Waals surface area contributed by atoms with E-state index in [-0.39, 0.29) is 12.1 Å². The number of alkyl halides is 3. The van der Waals surface area contributed by atoms with E-state index in [9.17, 15) is 22.4 Å². The third kappa shape index (κ3) is 4.79. The molecule has 2 rings (SSSR count). The van der Waals surface area contributed by atoms with Gasteiger partial charge < -0.3 is 5.32 Å². The molecule has 0 aliphatic heterocycles. The van der Waals surface area contributed by atoms with Gasteiger partial charge in [0.25, 0.3) is 5.91 Å². The molecule has 7 heteroatoms. The van der Waals surface area contributed by atoms with Crippen molar-refractivity contribution in [2.75, 3.05) is 6.54 Å². The van der Waals surface area contributed by atoms with Crippen molar-refractivity contribution in [3.63, 3.8) is 0 Å². The molecule has 0 saturated carbocycles. The topological polar surface area (TPSA) is 29.1 Å². The fourth-order valence-electron chi connectivity index (χ4n) is 1.95. The van der Waals surface area contributed by atoms with Gasteiger partial charge in [0.15, 0.2) is 0 Å². The summed E-state index contributed by atoms with van der Waals surface area (Å²) in [6.07, 6.45) is -4.02. The highest BCUT2D eigenvalue weighted by Crippen LogP contribution is 2.29. The van der Waals surface area contributed by atoms with Gasteiger partial charge in [0.2, 0.25) is 0 Å². The summed E-state index contributed by atoms with van der Waals surface area (Å²) in [4.78, 5) is 11.9. The summed E-state index contributed by atoms with van der Waals surface area (Å²) in [6.45, 7) is 0.191. The van der Waals surface area contributed by atoms with E-state index in [1.165, 1.54) is 30.3 Å². The fourth-order valence-corrected chi connectivity index (χ4v) is 2.31. The summed E-state index contributed by atoms with van der Waals surface area (Å²) in [7, 11) is 0. The van der Waals surface area contributed by atoms with E-state index < -0.39 is 23.5 Å². The Kier molecular flexibility index (Phi) is 5.41. The molecule has 2 aromatic rings. The van der Waals surface area contributed by atoms with Gasteiger partial charge in [-0.3, -0.25) is 4.79 Å². The lowest BCUT2D eigenvalue weighted by atomic mass is 10.1. The molecule has 2 aromatic carbocycles. The van der Waals surface area contributed by atoms with Crippen LogP contribution in [0.1, 0.15) is 21.5 Å². The summed E-state index contributed by atoms with van der Waals surface area (Å²) in [5, 5.41) is 2.54. The number of amides is 1. The third-order valence-corrected chi connectivity index (χ3v) is 3.65. The maximum atomic E-state index is 13.5. The van der Waals surface area contributed by atoms with E-state index in [1.807, 2.05) is 0 Å². The molecule has 2 nitrogen and oxygen atoms in total. The van der Waals surface area contributed by atoms with Crippen LogP contribution in [0.5, 0.6) is 0 Å². The molecule has 0 unspecified atom stereocenters. The Morgan fingerprint density at radius 2 is 1.74 bits per heavy atom. The normalized spacial score (nSPS) is 11.3. The number of carbonyl (C=O) groups excluding carboxylic acids is 1. The predicted octanol–water partition coefficient (Wildman–Crippen LogP) is 4.58. The number of benzene rings is 2. The van der Waals surface area contributed by atoms with Gasteiger partial charge in [0, 0.05) is 11.0 Å². The molecule has 1 N–H and O–H groups in total. The summed E-state index contributed by atoms with van der Waals surface area (Å²) in [5.74, 6) is -1.21. The predicted molar refractivity (Wildman–Crippen MR) is 81.6 cm³/mol. The Balaban J connectivity index is 1.92. The Labute approximate surface area is 138 Å². The van der Waals surface area contributed by atoms with Crippen molar-refractivity contribution in [1.82, 2.24) is 5.32 Å². The summed E-state index contributed by atoms with van der Waals surface area (Å²) in [5.41, 5.74) is -0.165. The van der Waals surface area contributed by atoms with Crippen molar-refractivity contribution in [2.24, 2.45) is 0 Å². The van der Waals surface area contributed by atoms with Gasteiger partial charge in [0.05, 0.1) is 11.1 Å². The van der Waals surface area contributed by atoms with Crippen LogP contribution >= 0.6 is 15.9 Å². The highest BCUT2D eigenvalue weighted by molar-refractivity contribution is 9.10. The minimum Gasteiger partial charge on any atom is -0.352 e. The molecular weight excluding hydrogens is 378 g/mol. The molecule has 0 aliphatic rings. The van der Waals surface area contributed by atoms with Crippen LogP contribution in [-0.2, 0) is 12.6 Å². The first-order valence-electron chi connectivity index (χ1n) is 6.67. The third-order valence-electron chi connectivity index (χ3n) is 3.15. The van der Waals surface area contributed by atoms with Crippen LogP contribution in [0.2, 0.25) is 0 Å². The smallest absolute Gasteiger partial charge is 0.352 e. The second-order valence-corrected chi connectivity index (χ2v) is 5.74. The number of halogens is 5. The molecule has 0 heterocycles. The first kappa shape index (κ1) is 17.5. The van der Waals surface area contributed by atoms with E-state index in [2.05, 4.69) is 21.2 Å². The summed E-state index contributed by atoms with van der Waals surface area (Å²) < 4.78 is 51.4. The highest BCUT2D eigenvalue weighted by atomic mass is 79.9. The Morgan fingerprint density at radius 1 is 1.09 bits per heavy atom. The van der Waals surface area contributed by atoms with Crippen molar-refractivity contribution in [3.05, 3.63) is 69.4 Å². The molecule has 0 atom stereocenters. The van der Waals surface area contributed by atoms with Crippen LogP contribution in [0.3, 0.4) is 0 Å². The van der Waals surface area contributed by atoms with Gasteiger partial charge in [0.1, 0.15) is 5.82 Å². The van der Waals surface area contributed by atoms with E-state index in [4.69, 9.17) is 0 Å². The quantitative estimate of drug-likeness (QED) is 0.761. The number of hydrogen-bond acceptors (Lipinski definition) is 1. The lowest BCUT2D eigenvalue weighted by Gasteiger charge is -2.09. The lowest BCUT2D eigenvalue weighted by Crippen LogP contribution is -2.26. The molecular formula is C16H12BrF4NO. The van der Waals surface area contributed by atoms with Crippen molar-refractivity contribution in [3.8, 4) is 0 Å². The molecule has 0 aliphatic carbocycles. The van der Waals surface area contributed by atoms with Gasteiger partial charge in [-0.2, -0.15) is 13.2 Å². The molecule has 0 aromatic heterocycles. The molecule has 0 radical (unpaired) electrons. The number of carbonyl (C=O) groups is 1. The maximum Gasteiger partial charge on any atom is 0.416 e. The van der Waals surface area contributed by atoms with Gasteiger partial charge in [-0.25, -0.2) is 4.39 Å². The van der Waals surface area contributed by atoms with E-state index in [1.54, 1.807) is 0 Å². The van der Waals surface area contributed by atoms with Crippen molar-refractivity contribution >= 4 is 21.8 Å². The number of rotatable bonds is 4. The van der Waals surface area contributed by atoms with E-state index >= 15 is 0 Å². The fraction of sp³-hybridized carbons (Fsp3) is 0.188. The van der Waals surface area contributed by atoms with E-state index in [0.29, 0.717) is 16.5 Å². The molecule has 0 saturated heterocycles.